The van der Waals surface area contributed by atoms with Gasteiger partial charge in [0.1, 0.15) is 6.33 Å². The maximum absolute atomic E-state index is 12.2. The van der Waals surface area contributed by atoms with Crippen LogP contribution in [-0.4, -0.2) is 30.9 Å². The number of rotatable bonds is 10. The van der Waals surface area contributed by atoms with Crippen LogP contribution in [0, 0.1) is 5.92 Å². The van der Waals surface area contributed by atoms with Crippen LogP contribution >= 0.6 is 0 Å². The van der Waals surface area contributed by atoms with Crippen LogP contribution in [-0.2, 0) is 20.6 Å². The van der Waals surface area contributed by atoms with Crippen molar-refractivity contribution in [1.29, 1.82) is 0 Å². The Morgan fingerprint density at radius 3 is 2.11 bits per heavy atom. The van der Waals surface area contributed by atoms with Gasteiger partial charge in [-0.1, -0.05) is 81.4 Å². The Hall–Kier alpha value is -2.83. The topological polar surface area (TPSA) is 61.3 Å². The van der Waals surface area contributed by atoms with Gasteiger partial charge in [-0.2, -0.15) is 0 Å². The minimum atomic E-state index is -2.66. The second-order valence-electron chi connectivity index (χ2n) is 10.3. The largest absolute Gasteiger partial charge is 0.466 e. The van der Waals surface area contributed by atoms with Crippen LogP contribution in [0.15, 0.2) is 73.1 Å². The van der Waals surface area contributed by atoms with Gasteiger partial charge in [0.15, 0.2) is 0 Å². The van der Waals surface area contributed by atoms with Crippen molar-refractivity contribution >= 4 is 24.7 Å². The van der Waals surface area contributed by atoms with Crippen LogP contribution in [0.5, 0.6) is 0 Å². The number of hydrogen-bond donors (Lipinski definition) is 0. The number of benzene rings is 2. The molecule has 1 atom stereocenters. The molecule has 1 heterocycles. The summed E-state index contributed by atoms with van der Waals surface area (Å²) in [6.45, 7) is 9.44. The highest BCUT2D eigenvalue weighted by atomic mass is 28.4. The first-order valence-corrected chi connectivity index (χ1v) is 14.5. The minimum Gasteiger partial charge on any atom is -0.466 e. The van der Waals surface area contributed by atoms with E-state index in [2.05, 4.69) is 91.4 Å². The molecule has 3 aromatic rings. The molecule has 0 radical (unpaired) electrons. The third kappa shape index (κ3) is 5.71. The third-order valence-electron chi connectivity index (χ3n) is 6.86. The van der Waals surface area contributed by atoms with Crippen molar-refractivity contribution in [2.45, 2.75) is 64.5 Å². The summed E-state index contributed by atoms with van der Waals surface area (Å²) >= 11 is 0. The monoisotopic (exact) mass is 488 g/mol. The molecule has 0 amide bonds. The highest BCUT2D eigenvalue weighted by Gasteiger charge is 2.50. The van der Waals surface area contributed by atoms with Gasteiger partial charge in [0.25, 0.3) is 8.32 Å². The SMILES string of the molecule is CCOC(=O)CC(c1cc(CO[Si](c2ccccc2)(c2ccccc2)C(C)(C)C)ncn1)C1CC1. The zero-order valence-corrected chi connectivity index (χ0v) is 22.2. The van der Waals surface area contributed by atoms with E-state index in [9.17, 15) is 4.79 Å². The number of carbonyl (C=O) groups excluding carboxylic acids is 1. The van der Waals surface area contributed by atoms with Gasteiger partial charge in [0.05, 0.1) is 25.3 Å². The normalized spacial score (nSPS) is 15.0. The van der Waals surface area contributed by atoms with Crippen molar-refractivity contribution in [2.75, 3.05) is 6.61 Å². The van der Waals surface area contributed by atoms with E-state index in [4.69, 9.17) is 9.16 Å². The Balaban J connectivity index is 1.66. The summed E-state index contributed by atoms with van der Waals surface area (Å²) in [4.78, 5) is 21.4. The van der Waals surface area contributed by atoms with E-state index in [0.717, 1.165) is 24.2 Å². The zero-order chi connectivity index (χ0) is 24.9. The van der Waals surface area contributed by atoms with Gasteiger partial charge in [0.2, 0.25) is 0 Å². The summed E-state index contributed by atoms with van der Waals surface area (Å²) in [6, 6.07) is 23.3. The quantitative estimate of drug-likeness (QED) is 0.297. The average Bonchev–Trinajstić information content (AvgIpc) is 3.69. The van der Waals surface area contributed by atoms with Gasteiger partial charge in [-0.15, -0.1) is 0 Å². The summed E-state index contributed by atoms with van der Waals surface area (Å²) in [5.74, 6) is 0.400. The van der Waals surface area contributed by atoms with Crippen molar-refractivity contribution in [2.24, 2.45) is 5.92 Å². The molecule has 184 valence electrons. The van der Waals surface area contributed by atoms with Crippen molar-refractivity contribution in [3.63, 3.8) is 0 Å². The van der Waals surface area contributed by atoms with Crippen molar-refractivity contribution in [3.05, 3.63) is 84.4 Å². The molecule has 35 heavy (non-hydrogen) atoms. The van der Waals surface area contributed by atoms with E-state index < -0.39 is 8.32 Å². The van der Waals surface area contributed by atoms with Crippen LogP contribution in [0.2, 0.25) is 5.04 Å². The fourth-order valence-corrected chi connectivity index (χ4v) is 9.57. The summed E-state index contributed by atoms with van der Waals surface area (Å²) in [7, 11) is -2.66. The molecule has 1 aliphatic carbocycles. The van der Waals surface area contributed by atoms with E-state index in [0.29, 0.717) is 25.6 Å². The molecule has 1 saturated carbocycles. The van der Waals surface area contributed by atoms with Crippen molar-refractivity contribution in [3.8, 4) is 0 Å². The van der Waals surface area contributed by atoms with Gasteiger partial charge in [-0.3, -0.25) is 4.79 Å². The molecule has 0 N–H and O–H groups in total. The molecular formula is C29H36N2O3Si. The van der Waals surface area contributed by atoms with E-state index in [1.165, 1.54) is 10.4 Å². The fourth-order valence-electron chi connectivity index (χ4n) is 5.05. The first-order chi connectivity index (χ1) is 16.8. The van der Waals surface area contributed by atoms with E-state index >= 15 is 0 Å². The van der Waals surface area contributed by atoms with Gasteiger partial charge in [0, 0.05) is 11.6 Å². The highest BCUT2D eigenvalue weighted by molar-refractivity contribution is 6.99. The average molecular weight is 489 g/mol. The van der Waals surface area contributed by atoms with Gasteiger partial charge in [-0.25, -0.2) is 9.97 Å². The van der Waals surface area contributed by atoms with Crippen molar-refractivity contribution in [1.82, 2.24) is 9.97 Å². The standard InChI is InChI=1S/C29H36N2O3Si/c1-5-33-28(32)19-26(22-16-17-22)27-18-23(30-21-31-27)20-34-35(29(2,3)4,24-12-8-6-9-13-24)25-14-10-7-11-15-25/h6-15,18,21-22,26H,5,16-17,19-20H2,1-4H3. The smallest absolute Gasteiger partial charge is 0.306 e. The molecule has 0 spiro atoms. The Kier molecular flexibility index (Phi) is 7.82. The second kappa shape index (κ2) is 10.8. The molecule has 1 aliphatic rings. The molecule has 5 nitrogen and oxygen atoms in total. The van der Waals surface area contributed by atoms with E-state index in [1.54, 1.807) is 6.33 Å². The van der Waals surface area contributed by atoms with Gasteiger partial charge in [-0.05, 0) is 47.2 Å². The number of nitrogens with zero attached hydrogens (tertiary/aromatic N) is 2. The maximum Gasteiger partial charge on any atom is 0.306 e. The summed E-state index contributed by atoms with van der Waals surface area (Å²) in [5, 5.41) is 2.38. The van der Waals surface area contributed by atoms with E-state index in [1.807, 2.05) is 13.0 Å². The molecular weight excluding hydrogens is 452 g/mol. The number of ether oxygens (including phenoxy) is 1. The Bertz CT molecular complexity index is 1070. The van der Waals surface area contributed by atoms with Crippen LogP contribution in [0.1, 0.15) is 64.3 Å². The van der Waals surface area contributed by atoms with Gasteiger partial charge < -0.3 is 9.16 Å². The number of hydrogen-bond acceptors (Lipinski definition) is 5. The Morgan fingerprint density at radius 2 is 1.60 bits per heavy atom. The fraction of sp³-hybridized carbons (Fsp3) is 0.414. The number of aromatic nitrogens is 2. The first-order valence-electron chi connectivity index (χ1n) is 12.6. The molecule has 0 bridgehead atoms. The minimum absolute atomic E-state index is 0.0728. The van der Waals surface area contributed by atoms with Crippen LogP contribution in [0.3, 0.4) is 0 Å². The molecule has 1 unspecified atom stereocenters. The second-order valence-corrected chi connectivity index (χ2v) is 14.6. The zero-order valence-electron chi connectivity index (χ0n) is 21.2. The number of carbonyl (C=O) groups is 1. The Labute approximate surface area is 210 Å². The summed E-state index contributed by atoms with van der Waals surface area (Å²) in [6.07, 6.45) is 4.23. The van der Waals surface area contributed by atoms with E-state index in [-0.39, 0.29) is 16.9 Å². The molecule has 1 fully saturated rings. The third-order valence-corrected chi connectivity index (χ3v) is 11.8. The van der Waals surface area contributed by atoms with Crippen molar-refractivity contribution < 1.29 is 14.0 Å². The summed E-state index contributed by atoms with van der Waals surface area (Å²) < 4.78 is 12.3. The molecule has 6 heteroatoms. The van der Waals surface area contributed by atoms with Gasteiger partial charge >= 0.3 is 5.97 Å². The van der Waals surface area contributed by atoms with Crippen LogP contribution < -0.4 is 10.4 Å². The lowest BCUT2D eigenvalue weighted by Crippen LogP contribution is -2.66. The molecule has 0 aliphatic heterocycles. The lowest BCUT2D eigenvalue weighted by atomic mass is 9.95. The number of esters is 1. The molecule has 0 saturated heterocycles. The Morgan fingerprint density at radius 1 is 1.00 bits per heavy atom. The first kappa shape index (κ1) is 25.3. The molecule has 2 aromatic carbocycles. The predicted octanol–water partition coefficient (Wildman–Crippen LogP) is 5.00. The maximum atomic E-state index is 12.2. The summed E-state index contributed by atoms with van der Waals surface area (Å²) in [5.41, 5.74) is 1.76. The lowest BCUT2D eigenvalue weighted by Gasteiger charge is -2.43. The van der Waals surface area contributed by atoms with Crippen LogP contribution in [0.25, 0.3) is 0 Å². The lowest BCUT2D eigenvalue weighted by molar-refractivity contribution is -0.143. The van der Waals surface area contributed by atoms with Crippen LogP contribution in [0.4, 0.5) is 0 Å². The predicted molar refractivity (Wildman–Crippen MR) is 141 cm³/mol. The highest BCUT2D eigenvalue weighted by Crippen LogP contribution is 2.44. The molecule has 1 aromatic heterocycles. The molecule has 4 rings (SSSR count).